The first-order valence-corrected chi connectivity index (χ1v) is 7.46. The first-order valence-electron chi connectivity index (χ1n) is 7.46. The van der Waals surface area contributed by atoms with Crippen molar-refractivity contribution in [2.24, 2.45) is 0 Å². The lowest BCUT2D eigenvalue weighted by Gasteiger charge is -2.35. The van der Waals surface area contributed by atoms with Gasteiger partial charge in [-0.1, -0.05) is 19.9 Å². The van der Waals surface area contributed by atoms with Crippen LogP contribution in [0.1, 0.15) is 56.5 Å². The molecule has 0 saturated carbocycles. The number of amides is 1. The summed E-state index contributed by atoms with van der Waals surface area (Å²) in [5, 5.41) is 3.36. The van der Waals surface area contributed by atoms with Gasteiger partial charge in [0.2, 0.25) is 0 Å². The molecule has 0 spiro atoms. The van der Waals surface area contributed by atoms with Crippen molar-refractivity contribution in [1.29, 1.82) is 0 Å². The Morgan fingerprint density at radius 2 is 1.95 bits per heavy atom. The Hall–Kier alpha value is -1.51. The summed E-state index contributed by atoms with van der Waals surface area (Å²) >= 11 is 0. The van der Waals surface area contributed by atoms with Crippen LogP contribution < -0.4 is 5.32 Å². The van der Waals surface area contributed by atoms with Gasteiger partial charge in [0.1, 0.15) is 0 Å². The van der Waals surface area contributed by atoms with E-state index in [4.69, 9.17) is 0 Å². The van der Waals surface area contributed by atoms with Gasteiger partial charge < -0.3 is 10.2 Å². The van der Waals surface area contributed by atoms with Gasteiger partial charge in [0.15, 0.2) is 0 Å². The Bertz CT molecular complexity index is 466. The van der Waals surface area contributed by atoms with Gasteiger partial charge in [-0.05, 0) is 51.3 Å². The summed E-state index contributed by atoms with van der Waals surface area (Å²) in [6, 6.07) is 5.98. The van der Waals surface area contributed by atoms with E-state index in [2.05, 4.69) is 39.1 Å². The molecule has 3 nitrogen and oxygen atoms in total. The van der Waals surface area contributed by atoms with E-state index in [1.165, 1.54) is 0 Å². The number of aryl methyl sites for hydroxylation is 1. The van der Waals surface area contributed by atoms with E-state index in [1.54, 1.807) is 0 Å². The second kappa shape index (κ2) is 6.78. The highest BCUT2D eigenvalue weighted by Crippen LogP contribution is 2.24. The van der Waals surface area contributed by atoms with Gasteiger partial charge in [0.25, 0.3) is 5.91 Å². The maximum Gasteiger partial charge on any atom is 0.256 e. The molecule has 1 aromatic rings. The van der Waals surface area contributed by atoms with E-state index >= 15 is 0 Å². The van der Waals surface area contributed by atoms with Crippen molar-refractivity contribution in [3.63, 3.8) is 0 Å². The van der Waals surface area contributed by atoms with Crippen molar-refractivity contribution < 1.29 is 4.79 Å². The molecular weight excluding hydrogens is 248 g/mol. The summed E-state index contributed by atoms with van der Waals surface area (Å²) in [6.45, 7) is 11.3. The van der Waals surface area contributed by atoms with Crippen molar-refractivity contribution in [1.82, 2.24) is 4.90 Å². The van der Waals surface area contributed by atoms with Crippen LogP contribution >= 0.6 is 0 Å². The SMILES string of the molecule is CCCNc1cc(C)ccc1C(=O)N(C)C(C)(C)CC. The lowest BCUT2D eigenvalue weighted by molar-refractivity contribution is 0.0621. The predicted octanol–water partition coefficient (Wildman–Crippen LogP) is 4.08. The molecule has 0 unspecified atom stereocenters. The molecule has 0 aliphatic rings. The highest BCUT2D eigenvalue weighted by molar-refractivity contribution is 6.00. The smallest absolute Gasteiger partial charge is 0.256 e. The summed E-state index contributed by atoms with van der Waals surface area (Å²) < 4.78 is 0. The molecular formula is C17H28N2O. The quantitative estimate of drug-likeness (QED) is 0.849. The topological polar surface area (TPSA) is 32.3 Å². The summed E-state index contributed by atoms with van der Waals surface area (Å²) in [5.74, 6) is 0.0791. The molecule has 0 radical (unpaired) electrons. The molecule has 0 atom stereocenters. The monoisotopic (exact) mass is 276 g/mol. The predicted molar refractivity (Wildman–Crippen MR) is 86.4 cm³/mol. The number of anilines is 1. The number of hydrogen-bond donors (Lipinski definition) is 1. The van der Waals surface area contributed by atoms with Crippen LogP contribution in [0.4, 0.5) is 5.69 Å². The van der Waals surface area contributed by atoms with Gasteiger partial charge in [0.05, 0.1) is 5.56 Å². The molecule has 112 valence electrons. The first kappa shape index (κ1) is 16.5. The highest BCUT2D eigenvalue weighted by atomic mass is 16.2. The second-order valence-corrected chi connectivity index (χ2v) is 6.01. The van der Waals surface area contributed by atoms with Gasteiger partial charge in [-0.15, -0.1) is 0 Å². The Kier molecular flexibility index (Phi) is 5.61. The van der Waals surface area contributed by atoms with Crippen LogP contribution in [-0.2, 0) is 0 Å². The minimum absolute atomic E-state index is 0.0791. The zero-order valence-corrected chi connectivity index (χ0v) is 13.7. The largest absolute Gasteiger partial charge is 0.384 e. The fraction of sp³-hybridized carbons (Fsp3) is 0.588. The van der Waals surface area contributed by atoms with Crippen molar-refractivity contribution >= 4 is 11.6 Å². The van der Waals surface area contributed by atoms with E-state index in [9.17, 15) is 4.79 Å². The number of rotatable bonds is 6. The zero-order valence-electron chi connectivity index (χ0n) is 13.7. The number of nitrogens with zero attached hydrogens (tertiary/aromatic N) is 1. The number of carbonyl (C=O) groups excluding carboxylic acids is 1. The van der Waals surface area contributed by atoms with Crippen LogP contribution in [0.5, 0.6) is 0 Å². The van der Waals surface area contributed by atoms with Crippen LogP contribution in [0.15, 0.2) is 18.2 Å². The maximum absolute atomic E-state index is 12.7. The van der Waals surface area contributed by atoms with Gasteiger partial charge in [-0.2, -0.15) is 0 Å². The van der Waals surface area contributed by atoms with Crippen molar-refractivity contribution in [2.75, 3.05) is 18.9 Å². The standard InChI is InChI=1S/C17H28N2O/c1-7-11-18-15-12-13(3)9-10-14(15)16(20)19(6)17(4,5)8-2/h9-10,12,18H,7-8,11H2,1-6H3. The van der Waals surface area contributed by atoms with Gasteiger partial charge in [0, 0.05) is 24.8 Å². The molecule has 0 aliphatic heterocycles. The molecule has 0 fully saturated rings. The first-order chi connectivity index (χ1) is 9.33. The molecule has 0 saturated heterocycles. The average molecular weight is 276 g/mol. The van der Waals surface area contributed by atoms with Crippen molar-refractivity contribution in [2.45, 2.75) is 53.0 Å². The van der Waals surface area contributed by atoms with Gasteiger partial charge >= 0.3 is 0 Å². The third-order valence-corrected chi connectivity index (χ3v) is 4.05. The fourth-order valence-electron chi connectivity index (χ4n) is 1.94. The number of benzene rings is 1. The summed E-state index contributed by atoms with van der Waals surface area (Å²) in [4.78, 5) is 14.6. The molecule has 1 rings (SSSR count). The normalized spacial score (nSPS) is 11.3. The van der Waals surface area contributed by atoms with Crippen LogP contribution in [0.3, 0.4) is 0 Å². The van der Waals surface area contributed by atoms with Gasteiger partial charge in [-0.25, -0.2) is 0 Å². The molecule has 1 aromatic carbocycles. The maximum atomic E-state index is 12.7. The third-order valence-electron chi connectivity index (χ3n) is 4.05. The summed E-state index contributed by atoms with van der Waals surface area (Å²) in [7, 11) is 1.88. The van der Waals surface area contributed by atoms with Crippen LogP contribution in [0.25, 0.3) is 0 Å². The molecule has 0 heterocycles. The Labute approximate surface area is 123 Å². The van der Waals surface area contributed by atoms with E-state index in [0.717, 1.165) is 36.2 Å². The minimum Gasteiger partial charge on any atom is -0.384 e. The molecule has 0 aromatic heterocycles. The van der Waals surface area contributed by atoms with E-state index in [1.807, 2.05) is 31.0 Å². The average Bonchev–Trinajstić information content (AvgIpc) is 2.43. The van der Waals surface area contributed by atoms with E-state index < -0.39 is 0 Å². The Morgan fingerprint density at radius 1 is 1.30 bits per heavy atom. The molecule has 0 bridgehead atoms. The second-order valence-electron chi connectivity index (χ2n) is 6.01. The van der Waals surface area contributed by atoms with E-state index in [-0.39, 0.29) is 11.4 Å². The number of carbonyl (C=O) groups is 1. The minimum atomic E-state index is -0.135. The Morgan fingerprint density at radius 3 is 2.50 bits per heavy atom. The number of nitrogens with one attached hydrogen (secondary N) is 1. The lowest BCUT2D eigenvalue weighted by Crippen LogP contribution is -2.44. The molecule has 1 N–H and O–H groups in total. The molecule has 0 aliphatic carbocycles. The molecule has 1 amide bonds. The van der Waals surface area contributed by atoms with Crippen LogP contribution in [-0.4, -0.2) is 29.9 Å². The van der Waals surface area contributed by atoms with Gasteiger partial charge in [-0.3, -0.25) is 4.79 Å². The number of hydrogen-bond acceptors (Lipinski definition) is 2. The van der Waals surface area contributed by atoms with Crippen molar-refractivity contribution in [3.05, 3.63) is 29.3 Å². The molecule has 20 heavy (non-hydrogen) atoms. The van der Waals surface area contributed by atoms with Crippen molar-refractivity contribution in [3.8, 4) is 0 Å². The fourth-order valence-corrected chi connectivity index (χ4v) is 1.94. The highest BCUT2D eigenvalue weighted by Gasteiger charge is 2.27. The molecule has 3 heteroatoms. The van der Waals surface area contributed by atoms with Crippen LogP contribution in [0.2, 0.25) is 0 Å². The summed E-state index contributed by atoms with van der Waals surface area (Å²) in [5.41, 5.74) is 2.73. The zero-order chi connectivity index (χ0) is 15.3. The lowest BCUT2D eigenvalue weighted by atomic mass is 9.98. The van der Waals surface area contributed by atoms with E-state index in [0.29, 0.717) is 0 Å². The summed E-state index contributed by atoms with van der Waals surface area (Å²) in [6.07, 6.45) is 1.97. The Balaban J connectivity index is 3.08. The third kappa shape index (κ3) is 3.75. The van der Waals surface area contributed by atoms with Crippen LogP contribution in [0, 0.1) is 6.92 Å².